The van der Waals surface area contributed by atoms with Gasteiger partial charge in [-0.1, -0.05) is 0 Å². The van der Waals surface area contributed by atoms with Crippen LogP contribution < -0.4 is 10.6 Å². The van der Waals surface area contributed by atoms with Crippen LogP contribution in [0.4, 0.5) is 0 Å². The van der Waals surface area contributed by atoms with E-state index in [4.69, 9.17) is 4.99 Å². The molecule has 4 heteroatoms. The average molecular weight is 361 g/mol. The Morgan fingerprint density at radius 3 is 1.86 bits per heavy atom. The summed E-state index contributed by atoms with van der Waals surface area (Å²) in [4.78, 5) is 4.74. The summed E-state index contributed by atoms with van der Waals surface area (Å²) in [6, 6.07) is 19.6. The van der Waals surface area contributed by atoms with Crippen LogP contribution in [0.2, 0.25) is 0 Å². The number of hydrogen-bond donors (Lipinski definition) is 0. The van der Waals surface area contributed by atoms with Crippen molar-refractivity contribution in [3.8, 4) is 0 Å². The third-order valence-electron chi connectivity index (χ3n) is 4.10. The van der Waals surface area contributed by atoms with E-state index in [9.17, 15) is 4.57 Å². The first-order valence-corrected chi connectivity index (χ1v) is 9.60. The van der Waals surface area contributed by atoms with E-state index in [0.717, 1.165) is 28.1 Å². The van der Waals surface area contributed by atoms with Crippen molar-refractivity contribution in [1.82, 2.24) is 0 Å². The Morgan fingerprint density at radius 2 is 1.48 bits per heavy atom. The van der Waals surface area contributed by atoms with Gasteiger partial charge in [-0.05, 0) is 0 Å². The third-order valence-corrected chi connectivity index (χ3v) is 8.45. The molecule has 1 atom stereocenters. The number of aliphatic imine (C=N–C) groups is 1. The minimum atomic E-state index is -2.83. The van der Waals surface area contributed by atoms with Crippen LogP contribution in [0.25, 0.3) is 0 Å². The SMILES string of the molecule is CC1(P(=O)(c2ccccc2)c2ccccc2)CCC([Se])=N1. The zero-order valence-corrected chi connectivity index (χ0v) is 14.5. The third kappa shape index (κ3) is 2.44. The van der Waals surface area contributed by atoms with Gasteiger partial charge in [-0.2, -0.15) is 0 Å². The molecule has 3 rings (SSSR count). The van der Waals surface area contributed by atoms with Crippen LogP contribution in [-0.4, -0.2) is 25.9 Å². The molecule has 1 heterocycles. The van der Waals surface area contributed by atoms with Gasteiger partial charge >= 0.3 is 134 Å². The fourth-order valence-corrected chi connectivity index (χ4v) is 7.00. The molecule has 2 aromatic carbocycles. The van der Waals surface area contributed by atoms with Crippen LogP contribution >= 0.6 is 7.14 Å². The van der Waals surface area contributed by atoms with Crippen LogP contribution in [0.5, 0.6) is 0 Å². The van der Waals surface area contributed by atoms with Gasteiger partial charge < -0.3 is 0 Å². The van der Waals surface area contributed by atoms with E-state index in [0.29, 0.717) is 0 Å². The summed E-state index contributed by atoms with van der Waals surface area (Å²) in [6.07, 6.45) is 1.69. The van der Waals surface area contributed by atoms with E-state index in [1.165, 1.54) is 0 Å². The summed E-state index contributed by atoms with van der Waals surface area (Å²) in [7, 11) is -2.83. The topological polar surface area (TPSA) is 29.4 Å². The molecule has 0 fully saturated rings. The van der Waals surface area contributed by atoms with Gasteiger partial charge in [0.1, 0.15) is 0 Å². The molecule has 2 nitrogen and oxygen atoms in total. The van der Waals surface area contributed by atoms with Crippen molar-refractivity contribution in [2.24, 2.45) is 4.99 Å². The molecular weight excluding hydrogens is 344 g/mol. The van der Waals surface area contributed by atoms with Gasteiger partial charge in [-0.25, -0.2) is 0 Å². The van der Waals surface area contributed by atoms with Crippen molar-refractivity contribution in [2.45, 2.75) is 25.0 Å². The maximum atomic E-state index is 14.2. The van der Waals surface area contributed by atoms with Crippen molar-refractivity contribution in [2.75, 3.05) is 0 Å². The van der Waals surface area contributed by atoms with Gasteiger partial charge in [0.25, 0.3) is 0 Å². The van der Waals surface area contributed by atoms with Crippen molar-refractivity contribution < 1.29 is 4.57 Å². The van der Waals surface area contributed by atoms with E-state index in [1.54, 1.807) is 0 Å². The van der Waals surface area contributed by atoms with Gasteiger partial charge in [0.05, 0.1) is 0 Å². The Hall–Kier alpha value is -1.14. The Kier molecular flexibility index (Phi) is 3.92. The molecule has 1 radical (unpaired) electrons. The van der Waals surface area contributed by atoms with Gasteiger partial charge in [-0.15, -0.1) is 0 Å². The summed E-state index contributed by atoms with van der Waals surface area (Å²) in [5.74, 6) is 0. The predicted molar refractivity (Wildman–Crippen MR) is 90.6 cm³/mol. The summed E-state index contributed by atoms with van der Waals surface area (Å²) >= 11 is 3.00. The molecule has 0 bridgehead atoms. The summed E-state index contributed by atoms with van der Waals surface area (Å²) in [5, 5.41) is 1.21. The Morgan fingerprint density at radius 1 is 1.00 bits per heavy atom. The molecule has 2 aromatic rings. The predicted octanol–water partition coefficient (Wildman–Crippen LogP) is 3.08. The molecule has 0 aromatic heterocycles. The second kappa shape index (κ2) is 5.57. The summed E-state index contributed by atoms with van der Waals surface area (Å²) in [5.41, 5.74) is 0. The Labute approximate surface area is 133 Å². The van der Waals surface area contributed by atoms with Gasteiger partial charge in [0, 0.05) is 0 Å². The zero-order valence-electron chi connectivity index (χ0n) is 11.9. The number of hydrogen-bond acceptors (Lipinski definition) is 2. The normalized spacial score (nSPS) is 22.0. The second-order valence-electron chi connectivity index (χ2n) is 5.50. The van der Waals surface area contributed by atoms with E-state index >= 15 is 0 Å². The molecule has 107 valence electrons. The molecule has 1 aliphatic heterocycles. The van der Waals surface area contributed by atoms with Crippen LogP contribution in [0.1, 0.15) is 19.8 Å². The van der Waals surface area contributed by atoms with Crippen molar-refractivity contribution in [1.29, 1.82) is 0 Å². The molecule has 1 unspecified atom stereocenters. The zero-order chi connectivity index (χ0) is 14.9. The second-order valence-corrected chi connectivity index (χ2v) is 9.71. The van der Waals surface area contributed by atoms with Crippen molar-refractivity contribution in [3.63, 3.8) is 0 Å². The maximum absolute atomic E-state index is 14.2. The summed E-state index contributed by atoms with van der Waals surface area (Å²) in [6.45, 7) is 2.03. The van der Waals surface area contributed by atoms with Gasteiger partial charge in [-0.3, -0.25) is 0 Å². The first-order valence-electron chi connectivity index (χ1n) is 7.03. The molecule has 0 aliphatic carbocycles. The fourth-order valence-electron chi connectivity index (χ4n) is 2.93. The van der Waals surface area contributed by atoms with E-state index in [1.807, 2.05) is 67.6 Å². The molecule has 0 N–H and O–H groups in total. The molecule has 1 aliphatic rings. The van der Waals surface area contributed by atoms with E-state index < -0.39 is 12.4 Å². The number of rotatable bonds is 3. The van der Waals surface area contributed by atoms with Crippen molar-refractivity contribution >= 4 is 38.4 Å². The first kappa shape index (κ1) is 14.8. The minimum absolute atomic E-state index is 0.559. The monoisotopic (exact) mass is 362 g/mol. The van der Waals surface area contributed by atoms with Gasteiger partial charge in [0.15, 0.2) is 0 Å². The van der Waals surface area contributed by atoms with Crippen LogP contribution in [-0.2, 0) is 4.57 Å². The Bertz CT molecular complexity index is 671. The quantitative estimate of drug-likeness (QED) is 0.610. The van der Waals surface area contributed by atoms with Crippen LogP contribution in [0, 0.1) is 0 Å². The van der Waals surface area contributed by atoms with Gasteiger partial charge in [0.2, 0.25) is 0 Å². The average Bonchev–Trinajstić information content (AvgIpc) is 2.89. The van der Waals surface area contributed by atoms with Crippen molar-refractivity contribution in [3.05, 3.63) is 60.7 Å². The Balaban J connectivity index is 2.25. The molecule has 21 heavy (non-hydrogen) atoms. The molecule has 0 saturated heterocycles. The standard InChI is InChI=1S/C17H17NOPSe/c1-17(13-12-16(21)18-17)20(19,14-8-4-2-5-9-14)15-10-6-3-7-11-15/h2-11H,12-13H2,1H3. The van der Waals surface area contributed by atoms with E-state index in [-0.39, 0.29) is 0 Å². The molecule has 0 amide bonds. The number of benzene rings is 2. The molecule has 0 spiro atoms. The van der Waals surface area contributed by atoms with Crippen LogP contribution in [0.3, 0.4) is 0 Å². The first-order chi connectivity index (χ1) is 10.1. The number of nitrogens with zero attached hydrogens (tertiary/aromatic N) is 1. The summed E-state index contributed by atoms with van der Waals surface area (Å²) < 4.78 is 15.1. The fraction of sp³-hybridized carbons (Fsp3) is 0.235. The van der Waals surface area contributed by atoms with Crippen LogP contribution in [0.15, 0.2) is 65.7 Å². The van der Waals surface area contributed by atoms with E-state index in [2.05, 4.69) is 16.0 Å². The molecular formula is C17H17NOPSe. The molecule has 0 saturated carbocycles.